The number of amides is 1. The summed E-state index contributed by atoms with van der Waals surface area (Å²) >= 11 is 5.75. The number of aryl methyl sites for hydroxylation is 1. The number of nitrogens with zero attached hydrogens (tertiary/aromatic N) is 1. The quantitative estimate of drug-likeness (QED) is 0.437. The van der Waals surface area contributed by atoms with E-state index in [-0.39, 0.29) is 33.5 Å². The van der Waals surface area contributed by atoms with Crippen LogP contribution in [0.15, 0.2) is 30.3 Å². The third-order valence-corrected chi connectivity index (χ3v) is 3.74. The number of rotatable bonds is 6. The van der Waals surface area contributed by atoms with Gasteiger partial charge in [0.2, 0.25) is 0 Å². The maximum atomic E-state index is 12.0. The number of phenolic OH excluding ortho intramolecular Hbond substituents is 1. The van der Waals surface area contributed by atoms with Gasteiger partial charge >= 0.3 is 11.7 Å². The molecule has 9 nitrogen and oxygen atoms in total. The van der Waals surface area contributed by atoms with Gasteiger partial charge in [-0.2, -0.15) is 0 Å². The summed E-state index contributed by atoms with van der Waals surface area (Å²) < 4.78 is 9.79. The second kappa shape index (κ2) is 8.37. The Hall–Kier alpha value is -3.33. The third-order valence-electron chi connectivity index (χ3n) is 3.51. The average molecular weight is 395 g/mol. The molecule has 2 aromatic carbocycles. The van der Waals surface area contributed by atoms with Gasteiger partial charge in [-0.15, -0.1) is 0 Å². The molecule has 0 unspecified atom stereocenters. The van der Waals surface area contributed by atoms with Crippen LogP contribution in [0, 0.1) is 17.0 Å². The van der Waals surface area contributed by atoms with Crippen molar-refractivity contribution in [3.05, 3.63) is 56.6 Å². The van der Waals surface area contributed by atoms with Gasteiger partial charge in [0.1, 0.15) is 11.3 Å². The van der Waals surface area contributed by atoms with E-state index in [1.807, 2.05) is 0 Å². The molecule has 0 aromatic heterocycles. The van der Waals surface area contributed by atoms with Gasteiger partial charge in [0.25, 0.3) is 5.91 Å². The van der Waals surface area contributed by atoms with Crippen LogP contribution in [0.25, 0.3) is 0 Å². The SMILES string of the molecule is COc1cc(NC(=O)COC(=O)c2cc(Cl)ccc2O)c(C)cc1[N+](=O)[O-]. The fourth-order valence-corrected chi connectivity index (χ4v) is 2.35. The Bertz CT molecular complexity index is 914. The van der Waals surface area contributed by atoms with Gasteiger partial charge in [-0.1, -0.05) is 11.6 Å². The highest BCUT2D eigenvalue weighted by atomic mass is 35.5. The van der Waals surface area contributed by atoms with E-state index >= 15 is 0 Å². The third kappa shape index (κ3) is 4.85. The lowest BCUT2D eigenvalue weighted by Crippen LogP contribution is -2.21. The van der Waals surface area contributed by atoms with Crippen molar-refractivity contribution in [1.29, 1.82) is 0 Å². The van der Waals surface area contributed by atoms with E-state index < -0.39 is 23.4 Å². The molecule has 0 bridgehead atoms. The summed E-state index contributed by atoms with van der Waals surface area (Å²) in [4.78, 5) is 34.3. The predicted molar refractivity (Wildman–Crippen MR) is 96.4 cm³/mol. The van der Waals surface area contributed by atoms with Crippen molar-refractivity contribution in [2.75, 3.05) is 19.0 Å². The number of anilines is 1. The van der Waals surface area contributed by atoms with Gasteiger partial charge in [-0.3, -0.25) is 14.9 Å². The zero-order valence-electron chi connectivity index (χ0n) is 14.3. The Labute approximate surface area is 158 Å². The molecule has 0 aliphatic carbocycles. The largest absolute Gasteiger partial charge is 0.507 e. The second-order valence-corrected chi connectivity index (χ2v) is 5.82. The number of phenols is 1. The zero-order chi connectivity index (χ0) is 20.1. The van der Waals surface area contributed by atoms with E-state index in [4.69, 9.17) is 21.1 Å². The number of esters is 1. The number of carbonyl (C=O) groups is 2. The smallest absolute Gasteiger partial charge is 0.342 e. The Morgan fingerprint density at radius 1 is 1.30 bits per heavy atom. The Balaban J connectivity index is 2.06. The summed E-state index contributed by atoms with van der Waals surface area (Å²) in [6, 6.07) is 6.39. The highest BCUT2D eigenvalue weighted by Gasteiger charge is 2.19. The van der Waals surface area contributed by atoms with Crippen LogP contribution >= 0.6 is 11.6 Å². The average Bonchev–Trinajstić information content (AvgIpc) is 2.62. The summed E-state index contributed by atoms with van der Waals surface area (Å²) in [7, 11) is 1.27. The number of nitro groups is 1. The van der Waals surface area contributed by atoms with Crippen LogP contribution in [0.5, 0.6) is 11.5 Å². The lowest BCUT2D eigenvalue weighted by Gasteiger charge is -2.11. The van der Waals surface area contributed by atoms with Gasteiger partial charge in [0.05, 0.1) is 12.0 Å². The number of methoxy groups -OCH3 is 1. The Morgan fingerprint density at radius 2 is 2.00 bits per heavy atom. The topological polar surface area (TPSA) is 128 Å². The predicted octanol–water partition coefficient (Wildman–Crippen LogP) is 3.07. The van der Waals surface area contributed by atoms with Crippen LogP contribution < -0.4 is 10.1 Å². The first kappa shape index (κ1) is 20.0. The van der Waals surface area contributed by atoms with Crippen LogP contribution in [0.3, 0.4) is 0 Å². The zero-order valence-corrected chi connectivity index (χ0v) is 15.1. The minimum absolute atomic E-state index is 0.0262. The first-order chi connectivity index (χ1) is 12.7. The van der Waals surface area contributed by atoms with Crippen LogP contribution in [0.4, 0.5) is 11.4 Å². The Kier molecular flexibility index (Phi) is 6.19. The number of hydrogen-bond acceptors (Lipinski definition) is 7. The van der Waals surface area contributed by atoms with Gasteiger partial charge in [0.15, 0.2) is 12.4 Å². The van der Waals surface area contributed by atoms with E-state index in [0.717, 1.165) is 0 Å². The fraction of sp³-hybridized carbons (Fsp3) is 0.176. The fourth-order valence-electron chi connectivity index (χ4n) is 2.18. The Morgan fingerprint density at radius 3 is 2.63 bits per heavy atom. The first-order valence-corrected chi connectivity index (χ1v) is 7.89. The highest BCUT2D eigenvalue weighted by molar-refractivity contribution is 6.31. The molecular weight excluding hydrogens is 380 g/mol. The number of nitrogens with one attached hydrogen (secondary N) is 1. The lowest BCUT2D eigenvalue weighted by molar-refractivity contribution is -0.385. The maximum absolute atomic E-state index is 12.0. The molecule has 1 amide bonds. The van der Waals surface area contributed by atoms with Crippen molar-refractivity contribution >= 4 is 34.9 Å². The van der Waals surface area contributed by atoms with Gasteiger partial charge in [-0.25, -0.2) is 4.79 Å². The molecule has 0 aliphatic heterocycles. The number of ether oxygens (including phenoxy) is 2. The number of halogens is 1. The molecule has 0 heterocycles. The van der Waals surface area contributed by atoms with Crippen molar-refractivity contribution in [2.24, 2.45) is 0 Å². The number of carbonyl (C=O) groups excluding carboxylic acids is 2. The summed E-state index contributed by atoms with van der Waals surface area (Å²) in [5.41, 5.74) is 0.276. The minimum atomic E-state index is -0.928. The van der Waals surface area contributed by atoms with Crippen molar-refractivity contribution in [3.63, 3.8) is 0 Å². The molecule has 0 fully saturated rings. The maximum Gasteiger partial charge on any atom is 0.342 e. The van der Waals surface area contributed by atoms with Crippen LogP contribution in [0.2, 0.25) is 5.02 Å². The highest BCUT2D eigenvalue weighted by Crippen LogP contribution is 2.32. The summed E-state index contributed by atoms with van der Waals surface area (Å²) in [6.07, 6.45) is 0. The van der Waals surface area contributed by atoms with E-state index in [1.54, 1.807) is 6.92 Å². The molecule has 0 radical (unpaired) electrons. The first-order valence-electron chi connectivity index (χ1n) is 7.51. The monoisotopic (exact) mass is 394 g/mol. The number of nitro benzene ring substituents is 1. The molecule has 0 saturated heterocycles. The lowest BCUT2D eigenvalue weighted by atomic mass is 10.1. The molecular formula is C17H15ClN2O7. The van der Waals surface area contributed by atoms with E-state index in [1.165, 1.54) is 37.4 Å². The summed E-state index contributed by atoms with van der Waals surface area (Å²) in [5.74, 6) is -1.96. The molecule has 2 rings (SSSR count). The molecule has 2 aromatic rings. The molecule has 0 spiro atoms. The molecule has 0 atom stereocenters. The molecule has 142 valence electrons. The minimum Gasteiger partial charge on any atom is -0.507 e. The number of hydrogen-bond donors (Lipinski definition) is 2. The number of benzene rings is 2. The van der Waals surface area contributed by atoms with E-state index in [9.17, 15) is 24.8 Å². The number of aromatic hydroxyl groups is 1. The summed E-state index contributed by atoms with van der Waals surface area (Å²) in [5, 5.41) is 23.3. The molecule has 10 heteroatoms. The van der Waals surface area contributed by atoms with Crippen LogP contribution in [0.1, 0.15) is 15.9 Å². The molecule has 2 N–H and O–H groups in total. The van der Waals surface area contributed by atoms with Gasteiger partial charge < -0.3 is 19.9 Å². The van der Waals surface area contributed by atoms with Crippen molar-refractivity contribution in [2.45, 2.75) is 6.92 Å². The van der Waals surface area contributed by atoms with Crippen LogP contribution in [-0.4, -0.2) is 35.6 Å². The van der Waals surface area contributed by atoms with Gasteiger partial charge in [0, 0.05) is 22.8 Å². The van der Waals surface area contributed by atoms with E-state index in [0.29, 0.717) is 5.56 Å². The molecule has 0 aliphatic rings. The van der Waals surface area contributed by atoms with Crippen LogP contribution in [-0.2, 0) is 9.53 Å². The van der Waals surface area contributed by atoms with Crippen molar-refractivity contribution in [3.8, 4) is 11.5 Å². The standard InChI is InChI=1S/C17H15ClN2O7/c1-9-5-13(20(24)25)15(26-2)7-12(9)19-16(22)8-27-17(23)11-6-10(18)3-4-14(11)21/h3-7,21H,8H2,1-2H3,(H,19,22). The summed E-state index contributed by atoms with van der Waals surface area (Å²) in [6.45, 7) is 0.932. The molecule has 27 heavy (non-hydrogen) atoms. The van der Waals surface area contributed by atoms with Crippen molar-refractivity contribution < 1.29 is 29.1 Å². The van der Waals surface area contributed by atoms with Gasteiger partial charge in [-0.05, 0) is 30.7 Å². The second-order valence-electron chi connectivity index (χ2n) is 5.38. The normalized spacial score (nSPS) is 10.2. The molecule has 0 saturated carbocycles. The van der Waals surface area contributed by atoms with Crippen molar-refractivity contribution in [1.82, 2.24) is 0 Å². The van der Waals surface area contributed by atoms with E-state index in [2.05, 4.69) is 5.32 Å².